The van der Waals surface area contributed by atoms with Gasteiger partial charge in [-0.2, -0.15) is 0 Å². The van der Waals surface area contributed by atoms with Crippen LogP contribution < -0.4 is 0 Å². The summed E-state index contributed by atoms with van der Waals surface area (Å²) in [6, 6.07) is 6.54. The fourth-order valence-electron chi connectivity index (χ4n) is 2.83. The molecule has 0 bridgehead atoms. The molecule has 5 heteroatoms. The van der Waals surface area contributed by atoms with Crippen molar-refractivity contribution in [2.75, 3.05) is 26.2 Å². The largest absolute Gasteiger partial charge is 0.341 e. The lowest BCUT2D eigenvalue weighted by molar-refractivity contribution is -0.140. The lowest BCUT2D eigenvalue weighted by Gasteiger charge is -2.32. The van der Waals surface area contributed by atoms with E-state index in [9.17, 15) is 14.0 Å². The van der Waals surface area contributed by atoms with E-state index in [2.05, 4.69) is 6.92 Å². The minimum atomic E-state index is -0.271. The Balaban J connectivity index is 1.90. The SMILES string of the molecule is CC(=O)N(CCc1ccccc1F)CC(=O)N1CCC(C)CC1. The van der Waals surface area contributed by atoms with E-state index in [0.29, 0.717) is 24.4 Å². The molecule has 0 aliphatic carbocycles. The first-order valence-electron chi connectivity index (χ1n) is 8.24. The highest BCUT2D eigenvalue weighted by Gasteiger charge is 2.23. The second-order valence-electron chi connectivity index (χ2n) is 6.35. The third-order valence-electron chi connectivity index (χ3n) is 4.52. The minimum Gasteiger partial charge on any atom is -0.341 e. The molecule has 2 amide bonds. The van der Waals surface area contributed by atoms with Crippen LogP contribution >= 0.6 is 0 Å². The summed E-state index contributed by atoms with van der Waals surface area (Å²) in [7, 11) is 0. The summed E-state index contributed by atoms with van der Waals surface area (Å²) in [6.45, 7) is 5.60. The minimum absolute atomic E-state index is 0.0133. The van der Waals surface area contributed by atoms with E-state index in [1.165, 1.54) is 17.9 Å². The molecule has 0 spiro atoms. The van der Waals surface area contributed by atoms with E-state index in [1.54, 1.807) is 18.2 Å². The maximum Gasteiger partial charge on any atom is 0.242 e. The maximum atomic E-state index is 13.7. The third-order valence-corrected chi connectivity index (χ3v) is 4.52. The molecule has 1 heterocycles. The van der Waals surface area contributed by atoms with Gasteiger partial charge in [-0.1, -0.05) is 25.1 Å². The van der Waals surface area contributed by atoms with Crippen LogP contribution in [0.25, 0.3) is 0 Å². The van der Waals surface area contributed by atoms with Crippen molar-refractivity contribution in [1.29, 1.82) is 0 Å². The molecular formula is C18H25FN2O2. The zero-order valence-corrected chi connectivity index (χ0v) is 13.9. The zero-order chi connectivity index (χ0) is 16.8. The summed E-state index contributed by atoms with van der Waals surface area (Å²) < 4.78 is 13.7. The van der Waals surface area contributed by atoms with E-state index in [1.807, 2.05) is 4.90 Å². The van der Waals surface area contributed by atoms with Crippen molar-refractivity contribution in [3.63, 3.8) is 0 Å². The number of nitrogens with zero attached hydrogens (tertiary/aromatic N) is 2. The molecule has 1 aliphatic rings. The third kappa shape index (κ3) is 5.05. The number of amides is 2. The van der Waals surface area contributed by atoms with E-state index >= 15 is 0 Å². The van der Waals surface area contributed by atoms with Crippen LogP contribution in [0.1, 0.15) is 32.3 Å². The smallest absolute Gasteiger partial charge is 0.242 e. The number of halogens is 1. The number of piperidine rings is 1. The average Bonchev–Trinajstić information content (AvgIpc) is 2.53. The summed E-state index contributed by atoms with van der Waals surface area (Å²) >= 11 is 0. The normalized spacial score (nSPS) is 15.5. The number of likely N-dealkylation sites (tertiary alicyclic amines) is 1. The fraction of sp³-hybridized carbons (Fsp3) is 0.556. The second-order valence-corrected chi connectivity index (χ2v) is 6.35. The van der Waals surface area contributed by atoms with Crippen molar-refractivity contribution in [2.45, 2.75) is 33.1 Å². The van der Waals surface area contributed by atoms with Gasteiger partial charge in [0.05, 0.1) is 6.54 Å². The molecule has 0 saturated carbocycles. The van der Waals surface area contributed by atoms with Gasteiger partial charge in [0, 0.05) is 26.6 Å². The first-order valence-corrected chi connectivity index (χ1v) is 8.24. The van der Waals surface area contributed by atoms with Gasteiger partial charge in [0.15, 0.2) is 0 Å². The summed E-state index contributed by atoms with van der Waals surface area (Å²) in [6.07, 6.45) is 2.44. The molecule has 0 aromatic heterocycles. The molecule has 126 valence electrons. The molecule has 4 nitrogen and oxygen atoms in total. The summed E-state index contributed by atoms with van der Waals surface area (Å²) in [4.78, 5) is 27.5. The number of rotatable bonds is 5. The van der Waals surface area contributed by atoms with Crippen molar-refractivity contribution in [3.05, 3.63) is 35.6 Å². The van der Waals surface area contributed by atoms with E-state index < -0.39 is 0 Å². The molecular weight excluding hydrogens is 295 g/mol. The van der Waals surface area contributed by atoms with Crippen LogP contribution in [0.3, 0.4) is 0 Å². The van der Waals surface area contributed by atoms with Gasteiger partial charge in [-0.15, -0.1) is 0 Å². The maximum absolute atomic E-state index is 13.7. The van der Waals surface area contributed by atoms with Gasteiger partial charge in [0.1, 0.15) is 5.82 Å². The number of benzene rings is 1. The lowest BCUT2D eigenvalue weighted by Crippen LogP contribution is -2.45. The molecule has 1 aromatic carbocycles. The molecule has 1 aromatic rings. The standard InChI is InChI=1S/C18H25FN2O2/c1-14-7-10-20(11-8-14)18(23)13-21(15(2)22)12-9-16-5-3-4-6-17(16)19/h3-6,14H,7-13H2,1-2H3. The highest BCUT2D eigenvalue weighted by atomic mass is 19.1. The Hall–Kier alpha value is -1.91. The van der Waals surface area contributed by atoms with E-state index in [4.69, 9.17) is 0 Å². The van der Waals surface area contributed by atoms with Crippen LogP contribution in [-0.4, -0.2) is 47.8 Å². The number of carbonyl (C=O) groups is 2. The van der Waals surface area contributed by atoms with Crippen LogP contribution in [-0.2, 0) is 16.0 Å². The number of hydrogen-bond acceptors (Lipinski definition) is 2. The first kappa shape index (κ1) is 17.4. The predicted molar refractivity (Wildman–Crippen MR) is 87.3 cm³/mol. The molecule has 0 radical (unpaired) electrons. The summed E-state index contributed by atoms with van der Waals surface area (Å²) in [5, 5.41) is 0. The van der Waals surface area contributed by atoms with Gasteiger partial charge >= 0.3 is 0 Å². The highest BCUT2D eigenvalue weighted by molar-refractivity contribution is 5.83. The monoisotopic (exact) mass is 320 g/mol. The topological polar surface area (TPSA) is 40.6 Å². The summed E-state index contributed by atoms with van der Waals surface area (Å²) in [5.74, 6) is 0.220. The van der Waals surface area contributed by atoms with Gasteiger partial charge in [0.25, 0.3) is 0 Å². The second kappa shape index (κ2) is 8.09. The van der Waals surface area contributed by atoms with E-state index in [0.717, 1.165) is 25.9 Å². The molecule has 2 rings (SSSR count). The van der Waals surface area contributed by atoms with Gasteiger partial charge in [-0.25, -0.2) is 4.39 Å². The Morgan fingerprint density at radius 3 is 2.52 bits per heavy atom. The quantitative estimate of drug-likeness (QED) is 0.836. The van der Waals surface area contributed by atoms with Crippen LogP contribution in [0.2, 0.25) is 0 Å². The van der Waals surface area contributed by atoms with Crippen LogP contribution in [0.5, 0.6) is 0 Å². The Labute approximate surface area is 137 Å². The van der Waals surface area contributed by atoms with Crippen LogP contribution in [0.15, 0.2) is 24.3 Å². The van der Waals surface area contributed by atoms with Crippen LogP contribution in [0.4, 0.5) is 4.39 Å². The van der Waals surface area contributed by atoms with Crippen molar-refractivity contribution in [3.8, 4) is 0 Å². The van der Waals surface area contributed by atoms with Crippen molar-refractivity contribution < 1.29 is 14.0 Å². The summed E-state index contributed by atoms with van der Waals surface area (Å²) in [5.41, 5.74) is 0.568. The number of hydrogen-bond donors (Lipinski definition) is 0. The van der Waals surface area contributed by atoms with Gasteiger partial charge < -0.3 is 9.80 Å². The molecule has 23 heavy (non-hydrogen) atoms. The van der Waals surface area contributed by atoms with Gasteiger partial charge in [-0.3, -0.25) is 9.59 Å². The molecule has 1 fully saturated rings. The molecule has 0 N–H and O–H groups in total. The Bertz CT molecular complexity index is 554. The van der Waals surface area contributed by atoms with Crippen molar-refractivity contribution in [1.82, 2.24) is 9.80 Å². The Kier molecular flexibility index (Phi) is 6.13. The fourth-order valence-corrected chi connectivity index (χ4v) is 2.83. The molecule has 0 unspecified atom stereocenters. The Morgan fingerprint density at radius 2 is 1.91 bits per heavy atom. The lowest BCUT2D eigenvalue weighted by atomic mass is 9.99. The van der Waals surface area contributed by atoms with E-state index in [-0.39, 0.29) is 24.2 Å². The zero-order valence-electron chi connectivity index (χ0n) is 13.9. The molecule has 0 atom stereocenters. The predicted octanol–water partition coefficient (Wildman–Crippen LogP) is 2.48. The molecule has 1 saturated heterocycles. The van der Waals surface area contributed by atoms with Crippen molar-refractivity contribution >= 4 is 11.8 Å². The average molecular weight is 320 g/mol. The number of carbonyl (C=O) groups excluding carboxylic acids is 2. The van der Waals surface area contributed by atoms with Gasteiger partial charge in [0.2, 0.25) is 11.8 Å². The van der Waals surface area contributed by atoms with Gasteiger partial charge in [-0.05, 0) is 36.8 Å². The Morgan fingerprint density at radius 1 is 1.26 bits per heavy atom. The molecule has 1 aliphatic heterocycles. The van der Waals surface area contributed by atoms with Crippen molar-refractivity contribution in [2.24, 2.45) is 5.92 Å². The van der Waals surface area contributed by atoms with Crippen LogP contribution in [0, 0.1) is 11.7 Å². The highest BCUT2D eigenvalue weighted by Crippen LogP contribution is 2.16. The first-order chi connectivity index (χ1) is 11.0.